The van der Waals surface area contributed by atoms with Crippen LogP contribution in [0.25, 0.3) is 0 Å². The number of benzene rings is 1. The number of carbonyl (C=O) groups excluding carboxylic acids is 2. The molecule has 0 fully saturated rings. The molecule has 0 radical (unpaired) electrons. The number of amides is 2. The maximum Gasteiger partial charge on any atom is 0.225 e. The van der Waals surface area contributed by atoms with Gasteiger partial charge >= 0.3 is 0 Å². The Morgan fingerprint density at radius 3 is 1.88 bits per heavy atom. The molecule has 1 unspecified atom stereocenters. The van der Waals surface area contributed by atoms with E-state index >= 15 is 0 Å². The average Bonchev–Trinajstić information content (AvgIpc) is 3.05. The second kappa shape index (κ2) is 27.3. The standard InChI is InChI=1S/C42H64N2O4/c1-6-7-8-9-10-11-12-13-14-15-16-17-18-19-20-21-22-23-24-26-40(46)43-32-29-38(45)30-33-44-41(47)42(4,5)31-25-34-48-39-35-36(2)27-28-37(39)3/h7-8,10-11,13-14,16-17,19-20,22-23,27-28,35,38,45H,6,9,12,15,18,21,24-26,29-34H2,1-5H3,(H,43,46)(H,44,47). The van der Waals surface area contributed by atoms with Gasteiger partial charge in [-0.15, -0.1) is 0 Å². The zero-order chi connectivity index (χ0) is 35.3. The van der Waals surface area contributed by atoms with E-state index in [1.165, 1.54) is 0 Å². The molecule has 1 atom stereocenters. The average molecular weight is 661 g/mol. The summed E-state index contributed by atoms with van der Waals surface area (Å²) in [5.74, 6) is 0.856. The van der Waals surface area contributed by atoms with Gasteiger partial charge in [0.1, 0.15) is 5.75 Å². The van der Waals surface area contributed by atoms with Crippen molar-refractivity contribution in [2.75, 3.05) is 19.7 Å². The number of aliphatic hydroxyl groups excluding tert-OH is 1. The van der Waals surface area contributed by atoms with Crippen molar-refractivity contribution in [3.8, 4) is 5.75 Å². The van der Waals surface area contributed by atoms with Gasteiger partial charge in [-0.05, 0) is 102 Å². The van der Waals surface area contributed by atoms with Crippen LogP contribution in [0.5, 0.6) is 5.75 Å². The highest BCUT2D eigenvalue weighted by molar-refractivity contribution is 5.81. The lowest BCUT2D eigenvalue weighted by molar-refractivity contribution is -0.129. The van der Waals surface area contributed by atoms with Crippen LogP contribution in [0.4, 0.5) is 0 Å². The first-order chi connectivity index (χ1) is 23.2. The number of hydrogen-bond acceptors (Lipinski definition) is 4. The number of ether oxygens (including phenoxy) is 1. The maximum atomic E-state index is 12.7. The molecule has 0 bridgehead atoms. The van der Waals surface area contributed by atoms with Gasteiger partial charge in [-0.25, -0.2) is 0 Å². The highest BCUT2D eigenvalue weighted by atomic mass is 16.5. The number of hydrogen-bond donors (Lipinski definition) is 3. The van der Waals surface area contributed by atoms with Crippen molar-refractivity contribution in [1.29, 1.82) is 0 Å². The first-order valence-corrected chi connectivity index (χ1v) is 18.0. The quantitative estimate of drug-likeness (QED) is 0.0683. The van der Waals surface area contributed by atoms with Gasteiger partial charge < -0.3 is 20.5 Å². The Balaban J connectivity index is 2.05. The van der Waals surface area contributed by atoms with Crippen molar-refractivity contribution in [3.63, 3.8) is 0 Å². The molecule has 266 valence electrons. The van der Waals surface area contributed by atoms with Crippen molar-refractivity contribution in [2.45, 2.75) is 118 Å². The molecule has 1 aromatic rings. The molecule has 1 aromatic carbocycles. The summed E-state index contributed by atoms with van der Waals surface area (Å²) in [6.07, 6.45) is 34.8. The minimum absolute atomic E-state index is 0.0154. The normalized spacial score (nSPS) is 13.2. The number of aliphatic hydroxyl groups is 1. The zero-order valence-corrected chi connectivity index (χ0v) is 30.5. The van der Waals surface area contributed by atoms with Crippen LogP contribution in [-0.4, -0.2) is 42.7 Å². The monoisotopic (exact) mass is 660 g/mol. The number of allylic oxidation sites excluding steroid dienone is 12. The second-order valence-electron chi connectivity index (χ2n) is 12.9. The van der Waals surface area contributed by atoms with E-state index in [2.05, 4.69) is 96.5 Å². The van der Waals surface area contributed by atoms with Crippen LogP contribution in [0.1, 0.15) is 109 Å². The molecule has 0 spiro atoms. The molecule has 48 heavy (non-hydrogen) atoms. The molecule has 1 rings (SSSR count). The number of nitrogens with one attached hydrogen (secondary N) is 2. The first-order valence-electron chi connectivity index (χ1n) is 18.0. The van der Waals surface area contributed by atoms with Crippen molar-refractivity contribution >= 4 is 11.8 Å². The SMILES string of the molecule is CCC=CCC=CCC=CCC=CCC=CCC=CCCC(=O)NCCC(O)CCNC(=O)C(C)(C)CCCOc1cc(C)ccc1C. The fourth-order valence-electron chi connectivity index (χ4n) is 4.73. The summed E-state index contributed by atoms with van der Waals surface area (Å²) in [4.78, 5) is 24.8. The molecule has 0 aliphatic rings. The van der Waals surface area contributed by atoms with Gasteiger partial charge in [-0.2, -0.15) is 0 Å². The third-order valence-electron chi connectivity index (χ3n) is 7.86. The summed E-state index contributed by atoms with van der Waals surface area (Å²) in [5.41, 5.74) is 1.75. The van der Waals surface area contributed by atoms with Gasteiger partial charge in [-0.1, -0.05) is 106 Å². The number of rotatable bonds is 26. The highest BCUT2D eigenvalue weighted by Crippen LogP contribution is 2.24. The molecule has 0 saturated carbocycles. The van der Waals surface area contributed by atoms with Crippen LogP contribution in [0.3, 0.4) is 0 Å². The largest absolute Gasteiger partial charge is 0.493 e. The van der Waals surface area contributed by atoms with Crippen LogP contribution in [0.2, 0.25) is 0 Å². The summed E-state index contributed by atoms with van der Waals surface area (Å²) < 4.78 is 5.93. The molecule has 0 aliphatic carbocycles. The van der Waals surface area contributed by atoms with E-state index in [1.54, 1.807) is 0 Å². The van der Waals surface area contributed by atoms with E-state index in [9.17, 15) is 14.7 Å². The smallest absolute Gasteiger partial charge is 0.225 e. The van der Waals surface area contributed by atoms with E-state index in [4.69, 9.17) is 4.74 Å². The maximum absolute atomic E-state index is 12.7. The van der Waals surface area contributed by atoms with Gasteiger partial charge in [0.15, 0.2) is 0 Å². The predicted octanol–water partition coefficient (Wildman–Crippen LogP) is 9.34. The summed E-state index contributed by atoms with van der Waals surface area (Å²) >= 11 is 0. The molecule has 2 amide bonds. The third kappa shape index (κ3) is 22.8. The molecular weight excluding hydrogens is 596 g/mol. The Hall–Kier alpha value is -3.64. The molecular formula is C42H64N2O4. The van der Waals surface area contributed by atoms with Crippen molar-refractivity contribution in [1.82, 2.24) is 10.6 Å². The van der Waals surface area contributed by atoms with Crippen molar-refractivity contribution in [2.24, 2.45) is 5.41 Å². The number of aryl methyl sites for hydroxylation is 2. The Morgan fingerprint density at radius 1 is 0.792 bits per heavy atom. The molecule has 3 N–H and O–H groups in total. The van der Waals surface area contributed by atoms with Gasteiger partial charge in [-0.3, -0.25) is 9.59 Å². The second-order valence-corrected chi connectivity index (χ2v) is 12.9. The summed E-state index contributed by atoms with van der Waals surface area (Å²) in [7, 11) is 0. The van der Waals surface area contributed by atoms with Crippen LogP contribution in [0.15, 0.2) is 91.1 Å². The van der Waals surface area contributed by atoms with Crippen LogP contribution in [0, 0.1) is 19.3 Å². The fraction of sp³-hybridized carbons (Fsp3) is 0.524. The van der Waals surface area contributed by atoms with Crippen molar-refractivity contribution in [3.05, 3.63) is 102 Å². The van der Waals surface area contributed by atoms with Crippen LogP contribution in [-0.2, 0) is 9.59 Å². The zero-order valence-electron chi connectivity index (χ0n) is 30.5. The van der Waals surface area contributed by atoms with Gasteiger partial charge in [0.25, 0.3) is 0 Å². The highest BCUT2D eigenvalue weighted by Gasteiger charge is 2.26. The topological polar surface area (TPSA) is 87.7 Å². The van der Waals surface area contributed by atoms with Crippen molar-refractivity contribution < 1.29 is 19.4 Å². The minimum atomic E-state index is -0.581. The fourth-order valence-corrected chi connectivity index (χ4v) is 4.73. The molecule has 0 heterocycles. The Labute approximate surface area is 292 Å². The summed E-state index contributed by atoms with van der Waals surface area (Å²) in [6, 6.07) is 6.16. The summed E-state index contributed by atoms with van der Waals surface area (Å²) in [6.45, 7) is 11.5. The lowest BCUT2D eigenvalue weighted by Gasteiger charge is -2.24. The van der Waals surface area contributed by atoms with Gasteiger partial charge in [0.05, 0.1) is 12.7 Å². The van der Waals surface area contributed by atoms with E-state index in [0.717, 1.165) is 61.8 Å². The molecule has 0 aliphatic heterocycles. The Kier molecular flexibility index (Phi) is 24.1. The minimum Gasteiger partial charge on any atom is -0.493 e. The molecule has 0 aromatic heterocycles. The molecule has 0 saturated heterocycles. The lowest BCUT2D eigenvalue weighted by atomic mass is 9.87. The number of carbonyl (C=O) groups is 2. The van der Waals surface area contributed by atoms with E-state index in [1.807, 2.05) is 39.8 Å². The van der Waals surface area contributed by atoms with E-state index in [-0.39, 0.29) is 11.8 Å². The lowest BCUT2D eigenvalue weighted by Crippen LogP contribution is -2.38. The first kappa shape index (κ1) is 42.4. The van der Waals surface area contributed by atoms with E-state index in [0.29, 0.717) is 51.8 Å². The van der Waals surface area contributed by atoms with E-state index < -0.39 is 11.5 Å². The Morgan fingerprint density at radius 2 is 1.31 bits per heavy atom. The van der Waals surface area contributed by atoms with Gasteiger partial charge in [0.2, 0.25) is 11.8 Å². The summed E-state index contributed by atoms with van der Waals surface area (Å²) in [5, 5.41) is 16.1. The molecule has 6 heteroatoms. The van der Waals surface area contributed by atoms with Crippen LogP contribution < -0.4 is 15.4 Å². The Bertz CT molecular complexity index is 1210. The predicted molar refractivity (Wildman–Crippen MR) is 203 cm³/mol. The van der Waals surface area contributed by atoms with Crippen LogP contribution >= 0.6 is 0 Å². The molecule has 6 nitrogen and oxygen atoms in total. The third-order valence-corrected chi connectivity index (χ3v) is 7.86. The van der Waals surface area contributed by atoms with Gasteiger partial charge in [0, 0.05) is 24.9 Å².